The summed E-state index contributed by atoms with van der Waals surface area (Å²) in [4.78, 5) is 32.2. The molecule has 0 radical (unpaired) electrons. The second-order valence-corrected chi connectivity index (χ2v) is 9.22. The van der Waals surface area contributed by atoms with E-state index in [0.717, 1.165) is 11.6 Å². The van der Waals surface area contributed by atoms with Crippen molar-refractivity contribution in [2.75, 3.05) is 31.6 Å². The molecule has 2 heterocycles. The van der Waals surface area contributed by atoms with Crippen molar-refractivity contribution in [1.29, 1.82) is 0 Å². The third-order valence-corrected chi connectivity index (χ3v) is 6.76. The number of ketones is 1. The van der Waals surface area contributed by atoms with Gasteiger partial charge in [0.1, 0.15) is 15.6 Å². The maximum atomic E-state index is 13.0. The van der Waals surface area contributed by atoms with Gasteiger partial charge < -0.3 is 14.8 Å². The quantitative estimate of drug-likeness (QED) is 0.461. The first-order chi connectivity index (χ1) is 17.2. The van der Waals surface area contributed by atoms with Crippen LogP contribution in [0.4, 0.5) is 18.9 Å². The van der Waals surface area contributed by atoms with Crippen molar-refractivity contribution in [2.24, 2.45) is 0 Å². The smallest absolute Gasteiger partial charge is 0.405 e. The Morgan fingerprint density at radius 1 is 1.17 bits per heavy atom. The molecule has 1 N–H and O–H groups in total. The fourth-order valence-corrected chi connectivity index (χ4v) is 4.63. The number of benzene rings is 2. The summed E-state index contributed by atoms with van der Waals surface area (Å²) in [6, 6.07) is 12.6. The number of rotatable bonds is 8. The van der Waals surface area contributed by atoms with Crippen LogP contribution in [0.2, 0.25) is 0 Å². The molecule has 0 saturated carbocycles. The highest BCUT2D eigenvalue weighted by Crippen LogP contribution is 2.31. The summed E-state index contributed by atoms with van der Waals surface area (Å²) in [5.74, 6) is -1.20. The molecular formula is C25H24F3N3O4S. The van der Waals surface area contributed by atoms with E-state index in [2.05, 4.69) is 15.0 Å². The molecule has 3 aromatic rings. The molecule has 1 aliphatic rings. The Morgan fingerprint density at radius 3 is 2.58 bits per heavy atom. The molecule has 0 aliphatic carbocycles. The van der Waals surface area contributed by atoms with Crippen LogP contribution in [-0.4, -0.2) is 60.3 Å². The first-order valence-corrected chi connectivity index (χ1v) is 12.1. The number of aromatic nitrogens is 1. The highest BCUT2D eigenvalue weighted by Gasteiger charge is 2.33. The van der Waals surface area contributed by atoms with E-state index in [-0.39, 0.29) is 23.5 Å². The lowest BCUT2D eigenvalue weighted by atomic mass is 10.0. The molecule has 2 aromatic carbocycles. The zero-order valence-electron chi connectivity index (χ0n) is 19.4. The van der Waals surface area contributed by atoms with Gasteiger partial charge in [0, 0.05) is 36.3 Å². The summed E-state index contributed by atoms with van der Waals surface area (Å²) in [7, 11) is 0. The predicted molar refractivity (Wildman–Crippen MR) is 129 cm³/mol. The maximum Gasteiger partial charge on any atom is 0.573 e. The number of hydrogen-bond donors (Lipinski definition) is 1. The molecule has 1 saturated heterocycles. The van der Waals surface area contributed by atoms with Crippen molar-refractivity contribution in [3.8, 4) is 16.3 Å². The van der Waals surface area contributed by atoms with E-state index in [9.17, 15) is 22.8 Å². The van der Waals surface area contributed by atoms with Gasteiger partial charge in [0.25, 0.3) is 5.91 Å². The first-order valence-electron chi connectivity index (χ1n) is 11.3. The number of ether oxygens (including phenoxy) is 2. The van der Waals surface area contributed by atoms with Crippen LogP contribution in [0.25, 0.3) is 10.6 Å². The topological polar surface area (TPSA) is 80.8 Å². The summed E-state index contributed by atoms with van der Waals surface area (Å²) in [6.07, 6.45) is -3.76. The Morgan fingerprint density at radius 2 is 1.89 bits per heavy atom. The maximum absolute atomic E-state index is 13.0. The average molecular weight is 520 g/mol. The zero-order valence-corrected chi connectivity index (χ0v) is 20.2. The van der Waals surface area contributed by atoms with Crippen molar-refractivity contribution < 1.29 is 32.2 Å². The van der Waals surface area contributed by atoms with Crippen molar-refractivity contribution in [2.45, 2.75) is 25.7 Å². The van der Waals surface area contributed by atoms with Gasteiger partial charge in [-0.2, -0.15) is 0 Å². The number of anilines is 1. The highest BCUT2D eigenvalue weighted by atomic mass is 32.1. The molecule has 1 aromatic heterocycles. The number of alkyl halides is 3. The van der Waals surface area contributed by atoms with Gasteiger partial charge in [-0.15, -0.1) is 24.5 Å². The standard InChI is InChI=1S/C25H24F3N3O4S/c1-16(31-9-11-34-12-10-31)20(32)14-18-13-19(7-8-21(18)35-25(26,27)28)30-23(33)22-15-29-24(36-22)17-5-3-2-4-6-17/h2-8,13,15-16H,9-12,14H2,1H3,(H,30,33). The fourth-order valence-electron chi connectivity index (χ4n) is 3.81. The van der Waals surface area contributed by atoms with E-state index >= 15 is 0 Å². The molecule has 36 heavy (non-hydrogen) atoms. The molecule has 1 unspecified atom stereocenters. The Kier molecular flexibility index (Phi) is 8.02. The van der Waals surface area contributed by atoms with Gasteiger partial charge in [0.05, 0.1) is 25.5 Å². The minimum Gasteiger partial charge on any atom is -0.405 e. The van der Waals surface area contributed by atoms with Gasteiger partial charge in [0.2, 0.25) is 0 Å². The number of carbonyl (C=O) groups is 2. The van der Waals surface area contributed by atoms with Crippen LogP contribution < -0.4 is 10.1 Å². The summed E-state index contributed by atoms with van der Waals surface area (Å²) < 4.78 is 48.4. The van der Waals surface area contributed by atoms with Crippen molar-refractivity contribution in [1.82, 2.24) is 9.88 Å². The number of thiazole rings is 1. The molecular weight excluding hydrogens is 495 g/mol. The fraction of sp³-hybridized carbons (Fsp3) is 0.320. The largest absolute Gasteiger partial charge is 0.573 e. The Hall–Kier alpha value is -3.28. The van der Waals surface area contributed by atoms with Crippen LogP contribution in [0.5, 0.6) is 5.75 Å². The van der Waals surface area contributed by atoms with E-state index in [1.165, 1.54) is 29.7 Å². The second kappa shape index (κ2) is 11.2. The van der Waals surface area contributed by atoms with Gasteiger partial charge in [-0.1, -0.05) is 30.3 Å². The van der Waals surface area contributed by atoms with Crippen LogP contribution in [0, 0.1) is 0 Å². The van der Waals surface area contributed by atoms with Crippen molar-refractivity contribution in [3.05, 3.63) is 65.2 Å². The molecule has 1 atom stereocenters. The molecule has 0 bridgehead atoms. The number of hydrogen-bond acceptors (Lipinski definition) is 7. The van der Waals surface area contributed by atoms with E-state index in [4.69, 9.17) is 4.74 Å². The van der Waals surface area contributed by atoms with E-state index in [1.807, 2.05) is 35.2 Å². The van der Waals surface area contributed by atoms with Gasteiger partial charge in [0.15, 0.2) is 5.78 Å². The molecule has 1 aliphatic heterocycles. The molecule has 190 valence electrons. The summed E-state index contributed by atoms with van der Waals surface area (Å²) in [5, 5.41) is 3.34. The second-order valence-electron chi connectivity index (χ2n) is 8.19. The predicted octanol–water partition coefficient (Wildman–Crippen LogP) is 4.79. The molecule has 1 amide bonds. The number of amides is 1. The number of carbonyl (C=O) groups excluding carboxylic acids is 2. The normalized spacial score (nSPS) is 15.3. The minimum absolute atomic E-state index is 0.0320. The molecule has 0 spiro atoms. The van der Waals surface area contributed by atoms with E-state index in [0.29, 0.717) is 36.2 Å². The average Bonchev–Trinajstić information content (AvgIpc) is 3.36. The number of nitrogens with one attached hydrogen (secondary N) is 1. The third kappa shape index (κ3) is 6.68. The van der Waals surface area contributed by atoms with Crippen LogP contribution in [-0.2, 0) is 16.0 Å². The number of halogens is 3. The van der Waals surface area contributed by atoms with Crippen LogP contribution in [0.1, 0.15) is 22.2 Å². The number of morpholine rings is 1. The monoisotopic (exact) mass is 519 g/mol. The van der Waals surface area contributed by atoms with E-state index < -0.39 is 24.1 Å². The Bertz CT molecular complexity index is 1210. The summed E-state index contributed by atoms with van der Waals surface area (Å²) in [5.41, 5.74) is 1.14. The van der Waals surface area contributed by atoms with E-state index in [1.54, 1.807) is 6.92 Å². The highest BCUT2D eigenvalue weighted by molar-refractivity contribution is 7.17. The molecule has 4 rings (SSSR count). The number of nitrogens with zero attached hydrogens (tertiary/aromatic N) is 2. The zero-order chi connectivity index (χ0) is 25.7. The summed E-state index contributed by atoms with van der Waals surface area (Å²) >= 11 is 1.19. The Labute approximate surface area is 209 Å². The molecule has 7 nitrogen and oxygen atoms in total. The van der Waals surface area contributed by atoms with Gasteiger partial charge in [-0.25, -0.2) is 4.98 Å². The number of Topliss-reactive ketones (excluding diaryl/α,β-unsaturated/α-hetero) is 1. The molecule has 1 fully saturated rings. The lowest BCUT2D eigenvalue weighted by Crippen LogP contribution is -2.46. The molecule has 11 heteroatoms. The lowest BCUT2D eigenvalue weighted by molar-refractivity contribution is -0.274. The SMILES string of the molecule is CC(C(=O)Cc1cc(NC(=O)c2cnc(-c3ccccc3)s2)ccc1OC(F)(F)F)N1CCOCC1. The first kappa shape index (κ1) is 25.8. The van der Waals surface area contributed by atoms with Crippen molar-refractivity contribution >= 4 is 28.7 Å². The lowest BCUT2D eigenvalue weighted by Gasteiger charge is -2.31. The third-order valence-electron chi connectivity index (χ3n) is 5.72. The van der Waals surface area contributed by atoms with Crippen LogP contribution in [0.15, 0.2) is 54.7 Å². The van der Waals surface area contributed by atoms with Crippen LogP contribution >= 0.6 is 11.3 Å². The minimum atomic E-state index is -4.92. The van der Waals surface area contributed by atoms with Gasteiger partial charge in [-0.3, -0.25) is 14.5 Å². The van der Waals surface area contributed by atoms with Gasteiger partial charge >= 0.3 is 6.36 Å². The van der Waals surface area contributed by atoms with Gasteiger partial charge in [-0.05, 0) is 25.1 Å². The summed E-state index contributed by atoms with van der Waals surface area (Å²) in [6.45, 7) is 3.83. The van der Waals surface area contributed by atoms with Crippen LogP contribution in [0.3, 0.4) is 0 Å². The Balaban J connectivity index is 1.51. The van der Waals surface area contributed by atoms with Crippen molar-refractivity contribution in [3.63, 3.8) is 0 Å².